The van der Waals surface area contributed by atoms with E-state index in [-0.39, 0.29) is 11.3 Å². The summed E-state index contributed by atoms with van der Waals surface area (Å²) in [7, 11) is -2.61. The van der Waals surface area contributed by atoms with Crippen molar-refractivity contribution in [2.45, 2.75) is 24.3 Å². The van der Waals surface area contributed by atoms with Gasteiger partial charge in [-0.3, -0.25) is 4.79 Å². The SMILES string of the molecule is CCC(NC(=O)CN(C)S(=O)(=O)c1ccc(Cl)cc1)C(=O)O. The predicted octanol–water partition coefficient (Wildman–Crippen LogP) is 0.940. The summed E-state index contributed by atoms with van der Waals surface area (Å²) in [6.45, 7) is 1.13. The van der Waals surface area contributed by atoms with Crippen LogP contribution in [0, 0.1) is 0 Å². The average molecular weight is 349 g/mol. The van der Waals surface area contributed by atoms with Crippen molar-refractivity contribution in [1.82, 2.24) is 9.62 Å². The fraction of sp³-hybridized carbons (Fsp3) is 0.385. The zero-order chi connectivity index (χ0) is 16.9. The molecule has 1 amide bonds. The highest BCUT2D eigenvalue weighted by molar-refractivity contribution is 7.89. The topological polar surface area (TPSA) is 104 Å². The number of hydrogen-bond donors (Lipinski definition) is 2. The largest absolute Gasteiger partial charge is 0.480 e. The van der Waals surface area contributed by atoms with Crippen LogP contribution in [0.3, 0.4) is 0 Å². The molecule has 7 nitrogen and oxygen atoms in total. The second-order valence-electron chi connectivity index (χ2n) is 4.58. The molecule has 0 aliphatic rings. The molecule has 0 bridgehead atoms. The monoisotopic (exact) mass is 348 g/mol. The molecule has 0 aliphatic heterocycles. The maximum atomic E-state index is 12.3. The summed E-state index contributed by atoms with van der Waals surface area (Å²) in [5.41, 5.74) is 0. The van der Waals surface area contributed by atoms with E-state index in [1.165, 1.54) is 31.3 Å². The minimum Gasteiger partial charge on any atom is -0.480 e. The number of carboxylic acids is 1. The minimum atomic E-state index is -3.85. The molecule has 1 aromatic rings. The molecule has 22 heavy (non-hydrogen) atoms. The van der Waals surface area contributed by atoms with Gasteiger partial charge in [-0.05, 0) is 30.7 Å². The third-order valence-electron chi connectivity index (χ3n) is 2.93. The van der Waals surface area contributed by atoms with Crippen molar-refractivity contribution in [3.05, 3.63) is 29.3 Å². The summed E-state index contributed by atoms with van der Waals surface area (Å²) in [6, 6.07) is 4.48. The molecule has 0 aromatic heterocycles. The van der Waals surface area contributed by atoms with Crippen LogP contribution in [0.1, 0.15) is 13.3 Å². The number of amides is 1. The van der Waals surface area contributed by atoms with Crippen molar-refractivity contribution >= 4 is 33.5 Å². The van der Waals surface area contributed by atoms with E-state index in [9.17, 15) is 18.0 Å². The molecule has 0 saturated heterocycles. The molecule has 2 N–H and O–H groups in total. The molecule has 1 unspecified atom stereocenters. The van der Waals surface area contributed by atoms with Crippen molar-refractivity contribution in [3.63, 3.8) is 0 Å². The molecular weight excluding hydrogens is 332 g/mol. The molecule has 1 atom stereocenters. The number of carboxylic acid groups (broad SMARTS) is 1. The summed E-state index contributed by atoms with van der Waals surface area (Å²) in [6.07, 6.45) is 0.203. The average Bonchev–Trinajstić information content (AvgIpc) is 2.44. The first kappa shape index (κ1) is 18.4. The molecule has 0 aliphatic carbocycles. The van der Waals surface area contributed by atoms with Crippen LogP contribution in [0.25, 0.3) is 0 Å². The number of nitrogens with zero attached hydrogens (tertiary/aromatic N) is 1. The lowest BCUT2D eigenvalue weighted by Crippen LogP contribution is -2.45. The summed E-state index contributed by atoms with van der Waals surface area (Å²) >= 11 is 5.70. The van der Waals surface area contributed by atoms with Crippen LogP contribution in [-0.2, 0) is 19.6 Å². The first-order chi connectivity index (χ1) is 10.2. The molecule has 0 heterocycles. The number of rotatable bonds is 7. The van der Waals surface area contributed by atoms with E-state index in [0.29, 0.717) is 5.02 Å². The van der Waals surface area contributed by atoms with Crippen molar-refractivity contribution in [2.75, 3.05) is 13.6 Å². The molecule has 9 heteroatoms. The van der Waals surface area contributed by atoms with Crippen LogP contribution in [0.2, 0.25) is 5.02 Å². The van der Waals surface area contributed by atoms with E-state index >= 15 is 0 Å². The van der Waals surface area contributed by atoms with Gasteiger partial charge in [0.25, 0.3) is 0 Å². The molecule has 0 saturated carbocycles. The lowest BCUT2D eigenvalue weighted by Gasteiger charge is -2.18. The number of hydrogen-bond acceptors (Lipinski definition) is 4. The Morgan fingerprint density at radius 2 is 1.86 bits per heavy atom. The van der Waals surface area contributed by atoms with Crippen molar-refractivity contribution in [2.24, 2.45) is 0 Å². The third kappa shape index (κ3) is 4.69. The van der Waals surface area contributed by atoms with E-state index in [4.69, 9.17) is 16.7 Å². The van der Waals surface area contributed by atoms with Gasteiger partial charge < -0.3 is 10.4 Å². The molecule has 0 spiro atoms. The summed E-state index contributed by atoms with van der Waals surface area (Å²) in [4.78, 5) is 22.6. The van der Waals surface area contributed by atoms with Crippen LogP contribution in [0.15, 0.2) is 29.2 Å². The first-order valence-corrected chi connectivity index (χ1v) is 8.24. The molecule has 1 rings (SSSR count). The number of aliphatic carboxylic acids is 1. The highest BCUT2D eigenvalue weighted by Crippen LogP contribution is 2.17. The predicted molar refractivity (Wildman–Crippen MR) is 81.1 cm³/mol. The van der Waals surface area contributed by atoms with Gasteiger partial charge in [0.15, 0.2) is 0 Å². The Morgan fingerprint density at radius 1 is 1.32 bits per heavy atom. The van der Waals surface area contributed by atoms with E-state index < -0.39 is 34.5 Å². The minimum absolute atomic E-state index is 0.00234. The zero-order valence-corrected chi connectivity index (χ0v) is 13.7. The van der Waals surface area contributed by atoms with Gasteiger partial charge in [-0.15, -0.1) is 0 Å². The van der Waals surface area contributed by atoms with Crippen molar-refractivity contribution in [3.8, 4) is 0 Å². The summed E-state index contributed by atoms with van der Waals surface area (Å²) in [5, 5.41) is 11.5. The van der Waals surface area contributed by atoms with Gasteiger partial charge in [0.2, 0.25) is 15.9 Å². The van der Waals surface area contributed by atoms with Crippen molar-refractivity contribution in [1.29, 1.82) is 0 Å². The van der Waals surface area contributed by atoms with Gasteiger partial charge in [0.1, 0.15) is 6.04 Å². The highest BCUT2D eigenvalue weighted by Gasteiger charge is 2.25. The summed E-state index contributed by atoms with van der Waals surface area (Å²) in [5.74, 6) is -1.85. The van der Waals surface area contributed by atoms with Crippen LogP contribution in [0.5, 0.6) is 0 Å². The quantitative estimate of drug-likeness (QED) is 0.763. The Morgan fingerprint density at radius 3 is 2.32 bits per heavy atom. The van der Waals surface area contributed by atoms with Gasteiger partial charge in [0.05, 0.1) is 11.4 Å². The number of benzene rings is 1. The molecule has 0 fully saturated rings. The Balaban J connectivity index is 2.79. The maximum Gasteiger partial charge on any atom is 0.326 e. The van der Waals surface area contributed by atoms with Gasteiger partial charge in [0, 0.05) is 12.1 Å². The van der Waals surface area contributed by atoms with Gasteiger partial charge in [-0.1, -0.05) is 18.5 Å². The number of halogens is 1. The Bertz CT molecular complexity index is 645. The van der Waals surface area contributed by atoms with Crippen LogP contribution in [-0.4, -0.2) is 49.3 Å². The number of likely N-dealkylation sites (N-methyl/N-ethyl adjacent to an activating group) is 1. The van der Waals surface area contributed by atoms with E-state index in [0.717, 1.165) is 4.31 Å². The van der Waals surface area contributed by atoms with Crippen LogP contribution in [0.4, 0.5) is 0 Å². The number of nitrogens with one attached hydrogen (secondary N) is 1. The van der Waals surface area contributed by atoms with Gasteiger partial charge in [-0.25, -0.2) is 13.2 Å². The molecular formula is C13H17ClN2O5S. The maximum absolute atomic E-state index is 12.3. The van der Waals surface area contributed by atoms with E-state index in [1.54, 1.807) is 6.92 Å². The van der Waals surface area contributed by atoms with Crippen molar-refractivity contribution < 1.29 is 23.1 Å². The second kappa shape index (κ2) is 7.57. The van der Waals surface area contributed by atoms with Crippen LogP contribution >= 0.6 is 11.6 Å². The first-order valence-electron chi connectivity index (χ1n) is 6.42. The van der Waals surface area contributed by atoms with Gasteiger partial charge in [-0.2, -0.15) is 4.31 Å². The Hall–Kier alpha value is -1.64. The van der Waals surface area contributed by atoms with Gasteiger partial charge >= 0.3 is 5.97 Å². The van der Waals surface area contributed by atoms with E-state index in [2.05, 4.69) is 5.32 Å². The fourth-order valence-corrected chi connectivity index (χ4v) is 2.91. The van der Waals surface area contributed by atoms with Crippen LogP contribution < -0.4 is 5.32 Å². The molecule has 0 radical (unpaired) electrons. The zero-order valence-electron chi connectivity index (χ0n) is 12.1. The highest BCUT2D eigenvalue weighted by atomic mass is 35.5. The third-order valence-corrected chi connectivity index (χ3v) is 5.00. The number of carbonyl (C=O) groups is 2. The smallest absolute Gasteiger partial charge is 0.326 e. The number of sulfonamides is 1. The fourth-order valence-electron chi connectivity index (χ4n) is 1.65. The normalized spacial score (nSPS) is 12.9. The molecule has 1 aromatic carbocycles. The number of carbonyl (C=O) groups excluding carboxylic acids is 1. The summed E-state index contributed by atoms with van der Waals surface area (Å²) < 4.78 is 25.4. The standard InChI is InChI=1S/C13H17ClN2O5S/c1-3-11(13(18)19)15-12(17)8-16(2)22(20,21)10-6-4-9(14)5-7-10/h4-7,11H,3,8H2,1-2H3,(H,15,17)(H,18,19). The Labute approximate surface area is 133 Å². The lowest BCUT2D eigenvalue weighted by atomic mass is 10.2. The second-order valence-corrected chi connectivity index (χ2v) is 7.06. The van der Waals surface area contributed by atoms with E-state index in [1.807, 2.05) is 0 Å². The lowest BCUT2D eigenvalue weighted by molar-refractivity contribution is -0.141. The molecule has 122 valence electrons. The Kier molecular flexibility index (Phi) is 6.34.